The zero-order valence-corrected chi connectivity index (χ0v) is 36.6. The molecule has 2 aliphatic heterocycles. The van der Waals surface area contributed by atoms with Crippen LogP contribution in [-0.2, 0) is 35.7 Å². The van der Waals surface area contributed by atoms with Crippen molar-refractivity contribution in [1.82, 2.24) is 15.1 Å². The number of hydrogen-bond acceptors (Lipinski definition) is 11. The topological polar surface area (TPSA) is 114 Å². The Labute approximate surface area is 365 Å². The summed E-state index contributed by atoms with van der Waals surface area (Å²) < 4.78 is 36.5. The van der Waals surface area contributed by atoms with Crippen molar-refractivity contribution in [2.45, 2.75) is 52.9 Å². The fourth-order valence-electron chi connectivity index (χ4n) is 7.50. The maximum absolute atomic E-state index is 9.37. The molecule has 13 heteroatoms. The summed E-state index contributed by atoms with van der Waals surface area (Å²) in [5.41, 5.74) is 8.46. The molecule has 0 unspecified atom stereocenters. The van der Waals surface area contributed by atoms with Crippen molar-refractivity contribution in [2.75, 3.05) is 98.7 Å². The Balaban J connectivity index is 1.13. The van der Waals surface area contributed by atoms with Crippen LogP contribution >= 0.6 is 23.2 Å². The van der Waals surface area contributed by atoms with Crippen molar-refractivity contribution >= 4 is 23.2 Å². The number of aryl methyl sites for hydroxylation is 1. The molecule has 6 rings (SSSR count). The van der Waals surface area contributed by atoms with E-state index in [9.17, 15) is 10.2 Å². The van der Waals surface area contributed by atoms with Crippen molar-refractivity contribution in [3.8, 4) is 34.1 Å². The van der Waals surface area contributed by atoms with Gasteiger partial charge in [0.15, 0.2) is 0 Å². The predicted octanol–water partition coefficient (Wildman–Crippen LogP) is 7.25. The van der Waals surface area contributed by atoms with Gasteiger partial charge in [0.2, 0.25) is 0 Å². The summed E-state index contributed by atoms with van der Waals surface area (Å²) in [7, 11) is 0. The number of nitrogens with one attached hydrogen (secondary N) is 1. The Kier molecular flexibility index (Phi) is 18.5. The molecule has 2 fully saturated rings. The lowest BCUT2D eigenvalue weighted by Gasteiger charge is -2.26. The van der Waals surface area contributed by atoms with Crippen molar-refractivity contribution in [3.05, 3.63) is 104 Å². The highest BCUT2D eigenvalue weighted by Gasteiger charge is 2.18. The number of aliphatic hydroxyl groups is 2. The van der Waals surface area contributed by atoms with Crippen LogP contribution in [-0.4, -0.2) is 119 Å². The van der Waals surface area contributed by atoms with E-state index in [2.05, 4.69) is 65.4 Å². The first-order valence-electron chi connectivity index (χ1n) is 21.2. The van der Waals surface area contributed by atoms with E-state index >= 15 is 0 Å². The summed E-state index contributed by atoms with van der Waals surface area (Å²) in [4.78, 5) is 4.68. The number of benzene rings is 4. The van der Waals surface area contributed by atoms with Gasteiger partial charge in [-0.25, -0.2) is 0 Å². The lowest BCUT2D eigenvalue weighted by Crippen LogP contribution is -2.38. The molecule has 0 aliphatic carbocycles. The van der Waals surface area contributed by atoms with Crippen LogP contribution in [0.15, 0.2) is 60.7 Å². The van der Waals surface area contributed by atoms with Crippen LogP contribution in [0.25, 0.3) is 11.1 Å². The van der Waals surface area contributed by atoms with Crippen LogP contribution in [0.1, 0.15) is 46.2 Å². The number of morpholine rings is 2. The molecule has 0 atom stereocenters. The average molecular weight is 867 g/mol. The summed E-state index contributed by atoms with van der Waals surface area (Å²) >= 11 is 13.6. The first-order valence-corrected chi connectivity index (χ1v) is 22.0. The maximum atomic E-state index is 9.37. The fourth-order valence-corrected chi connectivity index (χ4v) is 7.98. The summed E-state index contributed by atoms with van der Waals surface area (Å²) in [6.45, 7) is 15.3. The van der Waals surface area contributed by atoms with Gasteiger partial charge in [-0.05, 0) is 84.2 Å². The fraction of sp³-hybridized carbons (Fsp3) is 0.489. The van der Waals surface area contributed by atoms with E-state index in [1.807, 2.05) is 24.3 Å². The van der Waals surface area contributed by atoms with Gasteiger partial charge in [0.25, 0.3) is 0 Å². The van der Waals surface area contributed by atoms with Gasteiger partial charge in [0.1, 0.15) is 49.4 Å². The molecule has 0 amide bonds. The minimum absolute atomic E-state index is 0.0441. The van der Waals surface area contributed by atoms with E-state index in [1.54, 1.807) is 0 Å². The van der Waals surface area contributed by atoms with Crippen LogP contribution in [0.5, 0.6) is 23.0 Å². The lowest BCUT2D eigenvalue weighted by atomic mass is 9.92. The van der Waals surface area contributed by atoms with Gasteiger partial charge < -0.3 is 44.0 Å². The molecule has 60 heavy (non-hydrogen) atoms. The molecule has 2 aliphatic rings. The largest absolute Gasteiger partial charge is 0.492 e. The summed E-state index contributed by atoms with van der Waals surface area (Å²) in [5.74, 6) is 2.59. The van der Waals surface area contributed by atoms with Crippen LogP contribution in [0.2, 0.25) is 10.0 Å². The Morgan fingerprint density at radius 3 is 1.60 bits per heavy atom. The molecule has 326 valence electrons. The van der Waals surface area contributed by atoms with Crippen LogP contribution < -0.4 is 24.3 Å². The molecule has 0 aromatic heterocycles. The molecule has 4 aromatic carbocycles. The molecular weight excluding hydrogens is 805 g/mol. The summed E-state index contributed by atoms with van der Waals surface area (Å²) in [5, 5.41) is 22.9. The van der Waals surface area contributed by atoms with E-state index in [0.717, 1.165) is 129 Å². The van der Waals surface area contributed by atoms with Gasteiger partial charge in [-0.1, -0.05) is 59.6 Å². The molecule has 4 aromatic rings. The minimum atomic E-state index is 0.0441. The number of aliphatic hydroxyl groups excluding tert-OH is 2. The van der Waals surface area contributed by atoms with Gasteiger partial charge >= 0.3 is 0 Å². The Morgan fingerprint density at radius 1 is 0.600 bits per heavy atom. The molecule has 2 heterocycles. The third-order valence-electron chi connectivity index (χ3n) is 11.2. The number of halogens is 2. The van der Waals surface area contributed by atoms with E-state index in [4.69, 9.17) is 51.6 Å². The Morgan fingerprint density at radius 2 is 1.10 bits per heavy atom. The van der Waals surface area contributed by atoms with E-state index in [0.29, 0.717) is 73.2 Å². The monoisotopic (exact) mass is 865 g/mol. The lowest BCUT2D eigenvalue weighted by molar-refractivity contribution is 0.0321. The number of ether oxygens (including phenoxy) is 6. The quantitative estimate of drug-likeness (QED) is 0.0656. The van der Waals surface area contributed by atoms with Gasteiger partial charge in [-0.3, -0.25) is 9.80 Å². The van der Waals surface area contributed by atoms with Crippen LogP contribution in [0.4, 0.5) is 0 Å². The molecule has 0 spiro atoms. The SMILES string of the molecule is Cc1c(COc2cc(OCCN3CCOCC3)c(CCCCO)cc2Cl)cccc1-c1cccc(COc2cc(OCCN3CCOCC3)c(CNCCO)cc2Cl)c1C. The first kappa shape index (κ1) is 45.9. The molecule has 3 N–H and O–H groups in total. The van der Waals surface area contributed by atoms with Crippen LogP contribution in [0.3, 0.4) is 0 Å². The normalized spacial score (nSPS) is 15.0. The van der Waals surface area contributed by atoms with Crippen molar-refractivity contribution in [2.24, 2.45) is 0 Å². The van der Waals surface area contributed by atoms with E-state index in [1.165, 1.54) is 0 Å². The van der Waals surface area contributed by atoms with Gasteiger partial charge in [0.05, 0.1) is 43.1 Å². The third-order valence-corrected chi connectivity index (χ3v) is 11.8. The second-order valence-corrected chi connectivity index (χ2v) is 16.0. The Hall–Kier alpha value is -3.62. The van der Waals surface area contributed by atoms with Crippen molar-refractivity contribution < 1.29 is 38.6 Å². The molecule has 0 radical (unpaired) electrons. The van der Waals surface area contributed by atoms with E-state index in [-0.39, 0.29) is 13.2 Å². The standard InChI is InChI=1S/C47H61Cl2N3O8/c1-34-37(32-59-46-29-44(36(27-42(46)48)7-3-4-19-53)57-25-17-51-13-21-55-22-14-51)8-5-10-40(34)41-11-6-9-38(35(41)2)33-60-47-30-45(39(28-43(47)49)31-50-12-20-54)58-26-18-52-15-23-56-24-16-52/h5-6,8-11,27-30,50,53-54H,3-4,7,12-26,31-33H2,1-2H3. The first-order chi connectivity index (χ1) is 29.3. The molecular formula is C47H61Cl2N3O8. The molecule has 2 saturated heterocycles. The molecule has 0 bridgehead atoms. The predicted molar refractivity (Wildman–Crippen MR) is 237 cm³/mol. The Bertz CT molecular complexity index is 1820. The van der Waals surface area contributed by atoms with Gasteiger partial charge in [-0.15, -0.1) is 0 Å². The van der Waals surface area contributed by atoms with Crippen molar-refractivity contribution in [3.63, 3.8) is 0 Å². The molecule has 11 nitrogen and oxygen atoms in total. The number of hydrogen-bond donors (Lipinski definition) is 3. The minimum Gasteiger partial charge on any atom is -0.492 e. The number of rotatable bonds is 23. The summed E-state index contributed by atoms with van der Waals surface area (Å²) in [6.07, 6.45) is 2.31. The van der Waals surface area contributed by atoms with E-state index < -0.39 is 0 Å². The second kappa shape index (κ2) is 24.1. The van der Waals surface area contributed by atoms with Crippen molar-refractivity contribution in [1.29, 1.82) is 0 Å². The highest BCUT2D eigenvalue weighted by Crippen LogP contribution is 2.37. The van der Waals surface area contributed by atoms with Crippen LogP contribution in [0, 0.1) is 13.8 Å². The number of unbranched alkanes of at least 4 members (excludes halogenated alkanes) is 1. The smallest absolute Gasteiger partial charge is 0.142 e. The van der Waals surface area contributed by atoms with Gasteiger partial charge in [0, 0.05) is 76.7 Å². The average Bonchev–Trinajstić information content (AvgIpc) is 3.26. The zero-order valence-electron chi connectivity index (χ0n) is 35.1. The third kappa shape index (κ3) is 13.2. The maximum Gasteiger partial charge on any atom is 0.142 e. The highest BCUT2D eigenvalue weighted by atomic mass is 35.5. The summed E-state index contributed by atoms with van der Waals surface area (Å²) in [6, 6.07) is 20.2. The zero-order chi connectivity index (χ0) is 42.1. The number of nitrogens with zero attached hydrogens (tertiary/aromatic N) is 2. The highest BCUT2D eigenvalue weighted by molar-refractivity contribution is 6.32. The second-order valence-electron chi connectivity index (χ2n) is 15.2. The van der Waals surface area contributed by atoms with Gasteiger partial charge in [-0.2, -0.15) is 0 Å². The molecule has 0 saturated carbocycles.